The summed E-state index contributed by atoms with van der Waals surface area (Å²) in [4.78, 5) is 37.0. The molecule has 3 rings (SSSR count). The van der Waals surface area contributed by atoms with Crippen LogP contribution in [0, 0.1) is 6.92 Å². The van der Waals surface area contributed by atoms with E-state index in [1.165, 1.54) is 17.4 Å². The molecule has 6 nitrogen and oxygen atoms in total. The van der Waals surface area contributed by atoms with Gasteiger partial charge in [-0.2, -0.15) is 0 Å². The fourth-order valence-corrected chi connectivity index (χ4v) is 3.45. The SMILES string of the molecule is Cc1ccc(C(=O)NCC(=O)OCc2cc(=O)oc3cc(Br)ccc23)s1. The summed E-state index contributed by atoms with van der Waals surface area (Å²) in [5.74, 6) is -0.916. The van der Waals surface area contributed by atoms with E-state index in [1.807, 2.05) is 13.0 Å². The molecular formula is C18H14BrNO5S. The number of fused-ring (bicyclic) bond motifs is 1. The molecule has 134 valence electrons. The third kappa shape index (κ3) is 4.39. The molecule has 0 radical (unpaired) electrons. The maximum absolute atomic E-state index is 11.9. The zero-order chi connectivity index (χ0) is 18.7. The number of benzene rings is 1. The number of aryl methyl sites for hydroxylation is 1. The van der Waals surface area contributed by atoms with Crippen LogP contribution < -0.4 is 10.9 Å². The highest BCUT2D eigenvalue weighted by molar-refractivity contribution is 9.10. The summed E-state index contributed by atoms with van der Waals surface area (Å²) in [5.41, 5.74) is 0.416. The zero-order valence-corrected chi connectivity index (χ0v) is 16.1. The van der Waals surface area contributed by atoms with E-state index in [4.69, 9.17) is 9.15 Å². The molecule has 1 aromatic carbocycles. The van der Waals surface area contributed by atoms with Crippen molar-refractivity contribution in [3.05, 3.63) is 66.6 Å². The lowest BCUT2D eigenvalue weighted by atomic mass is 10.1. The Balaban J connectivity index is 1.62. The first-order valence-electron chi connectivity index (χ1n) is 7.65. The zero-order valence-electron chi connectivity index (χ0n) is 13.7. The summed E-state index contributed by atoms with van der Waals surface area (Å²) in [6, 6.07) is 10.1. The number of nitrogens with one attached hydrogen (secondary N) is 1. The van der Waals surface area contributed by atoms with Crippen molar-refractivity contribution in [2.75, 3.05) is 6.54 Å². The second-order valence-corrected chi connectivity index (χ2v) is 7.69. The first kappa shape index (κ1) is 18.3. The van der Waals surface area contributed by atoms with Crippen LogP contribution in [0.25, 0.3) is 11.0 Å². The Morgan fingerprint density at radius 1 is 1.23 bits per heavy atom. The van der Waals surface area contributed by atoms with E-state index in [2.05, 4.69) is 21.2 Å². The second-order valence-electron chi connectivity index (χ2n) is 5.48. The highest BCUT2D eigenvalue weighted by Crippen LogP contribution is 2.22. The van der Waals surface area contributed by atoms with Gasteiger partial charge in [-0.3, -0.25) is 9.59 Å². The van der Waals surface area contributed by atoms with Crippen LogP contribution in [0.2, 0.25) is 0 Å². The summed E-state index contributed by atoms with van der Waals surface area (Å²) >= 11 is 4.66. The Kier molecular flexibility index (Phi) is 5.53. The highest BCUT2D eigenvalue weighted by Gasteiger charge is 2.12. The van der Waals surface area contributed by atoms with Crippen molar-refractivity contribution in [1.29, 1.82) is 0 Å². The van der Waals surface area contributed by atoms with Gasteiger partial charge in [0.25, 0.3) is 5.91 Å². The van der Waals surface area contributed by atoms with Crippen LogP contribution >= 0.6 is 27.3 Å². The number of hydrogen-bond donors (Lipinski definition) is 1. The molecule has 0 aliphatic carbocycles. The minimum atomic E-state index is -0.592. The smallest absolute Gasteiger partial charge is 0.336 e. The van der Waals surface area contributed by atoms with Gasteiger partial charge in [0.2, 0.25) is 0 Å². The van der Waals surface area contributed by atoms with Crippen LogP contribution in [-0.2, 0) is 16.1 Å². The molecule has 0 bridgehead atoms. The van der Waals surface area contributed by atoms with Crippen LogP contribution in [0.1, 0.15) is 20.1 Å². The minimum Gasteiger partial charge on any atom is -0.459 e. The third-order valence-corrected chi connectivity index (χ3v) is 5.03. The predicted octanol–water partition coefficient (Wildman–Crippen LogP) is 3.40. The van der Waals surface area contributed by atoms with Gasteiger partial charge in [-0.25, -0.2) is 4.79 Å². The van der Waals surface area contributed by atoms with Gasteiger partial charge in [-0.05, 0) is 37.3 Å². The minimum absolute atomic E-state index is 0.0868. The summed E-state index contributed by atoms with van der Waals surface area (Å²) in [6.45, 7) is 1.56. The fraction of sp³-hybridized carbons (Fsp3) is 0.167. The van der Waals surface area contributed by atoms with Gasteiger partial charge in [0.1, 0.15) is 18.7 Å². The van der Waals surface area contributed by atoms with Crippen molar-refractivity contribution in [3.63, 3.8) is 0 Å². The molecule has 2 aromatic heterocycles. The number of esters is 1. The van der Waals surface area contributed by atoms with Gasteiger partial charge in [0.15, 0.2) is 0 Å². The molecule has 0 fully saturated rings. The summed E-state index contributed by atoms with van der Waals surface area (Å²) < 4.78 is 11.1. The van der Waals surface area contributed by atoms with Crippen LogP contribution in [0.4, 0.5) is 0 Å². The Morgan fingerprint density at radius 3 is 2.77 bits per heavy atom. The molecule has 3 aromatic rings. The monoisotopic (exact) mass is 435 g/mol. The normalized spacial score (nSPS) is 10.7. The number of halogens is 1. The lowest BCUT2D eigenvalue weighted by Gasteiger charge is -2.08. The number of amides is 1. The van der Waals surface area contributed by atoms with E-state index >= 15 is 0 Å². The molecule has 0 saturated heterocycles. The second kappa shape index (κ2) is 7.84. The molecule has 26 heavy (non-hydrogen) atoms. The van der Waals surface area contributed by atoms with Crippen molar-refractivity contribution in [2.45, 2.75) is 13.5 Å². The van der Waals surface area contributed by atoms with E-state index in [1.54, 1.807) is 24.3 Å². The summed E-state index contributed by atoms with van der Waals surface area (Å²) in [6.07, 6.45) is 0. The molecule has 2 heterocycles. The molecule has 8 heteroatoms. The van der Waals surface area contributed by atoms with Gasteiger partial charge in [0.05, 0.1) is 4.88 Å². The number of ether oxygens (including phenoxy) is 1. The number of carbonyl (C=O) groups excluding carboxylic acids is 2. The van der Waals surface area contributed by atoms with E-state index in [0.29, 0.717) is 21.4 Å². The number of thiophene rings is 1. The van der Waals surface area contributed by atoms with Crippen molar-refractivity contribution in [2.24, 2.45) is 0 Å². The Labute approximate surface area is 160 Å². The van der Waals surface area contributed by atoms with Crippen molar-refractivity contribution < 1.29 is 18.7 Å². The van der Waals surface area contributed by atoms with Gasteiger partial charge in [-0.1, -0.05) is 15.9 Å². The van der Waals surface area contributed by atoms with E-state index in [0.717, 1.165) is 9.35 Å². The van der Waals surface area contributed by atoms with Gasteiger partial charge in [0, 0.05) is 26.4 Å². The molecule has 0 atom stereocenters. The topological polar surface area (TPSA) is 85.6 Å². The van der Waals surface area contributed by atoms with Gasteiger partial charge >= 0.3 is 11.6 Å². The Morgan fingerprint density at radius 2 is 2.04 bits per heavy atom. The quantitative estimate of drug-likeness (QED) is 0.490. The molecule has 0 unspecified atom stereocenters. The van der Waals surface area contributed by atoms with Gasteiger partial charge < -0.3 is 14.5 Å². The third-order valence-electron chi connectivity index (χ3n) is 3.54. The predicted molar refractivity (Wildman–Crippen MR) is 101 cm³/mol. The molecule has 1 amide bonds. The van der Waals surface area contributed by atoms with E-state index in [9.17, 15) is 14.4 Å². The van der Waals surface area contributed by atoms with Crippen LogP contribution in [0.5, 0.6) is 0 Å². The summed E-state index contributed by atoms with van der Waals surface area (Å²) in [5, 5.41) is 3.19. The first-order valence-corrected chi connectivity index (χ1v) is 9.26. The number of carbonyl (C=O) groups is 2. The molecular weight excluding hydrogens is 422 g/mol. The molecule has 0 saturated carbocycles. The molecule has 1 N–H and O–H groups in total. The van der Waals surface area contributed by atoms with E-state index in [-0.39, 0.29) is 19.1 Å². The maximum atomic E-state index is 11.9. The lowest BCUT2D eigenvalue weighted by molar-refractivity contribution is -0.143. The largest absolute Gasteiger partial charge is 0.459 e. The van der Waals surface area contributed by atoms with Crippen molar-refractivity contribution >= 4 is 50.1 Å². The van der Waals surface area contributed by atoms with Crippen molar-refractivity contribution in [3.8, 4) is 0 Å². The van der Waals surface area contributed by atoms with Crippen molar-refractivity contribution in [1.82, 2.24) is 5.32 Å². The molecule has 0 spiro atoms. The Bertz CT molecular complexity index is 1040. The summed E-state index contributed by atoms with van der Waals surface area (Å²) in [7, 11) is 0. The fourth-order valence-electron chi connectivity index (χ4n) is 2.33. The molecule has 0 aliphatic heterocycles. The Hall–Kier alpha value is -2.45. The average Bonchev–Trinajstić information content (AvgIpc) is 3.03. The van der Waals surface area contributed by atoms with E-state index < -0.39 is 11.6 Å². The number of rotatable bonds is 5. The molecule has 0 aliphatic rings. The van der Waals surface area contributed by atoms with Crippen LogP contribution in [0.3, 0.4) is 0 Å². The maximum Gasteiger partial charge on any atom is 0.336 e. The average molecular weight is 436 g/mol. The van der Waals surface area contributed by atoms with Crippen LogP contribution in [0.15, 0.2) is 50.1 Å². The highest BCUT2D eigenvalue weighted by atomic mass is 79.9. The number of hydrogen-bond acceptors (Lipinski definition) is 6. The van der Waals surface area contributed by atoms with Gasteiger partial charge in [-0.15, -0.1) is 11.3 Å². The lowest BCUT2D eigenvalue weighted by Crippen LogP contribution is -2.30. The standard InChI is InChI=1S/C18H14BrNO5S/c1-10-2-5-15(26-10)18(23)20-8-17(22)24-9-11-6-16(21)25-14-7-12(19)3-4-13(11)14/h2-7H,8-9H2,1H3,(H,20,23). The van der Waals surface area contributed by atoms with Crippen LogP contribution in [-0.4, -0.2) is 18.4 Å². The first-order chi connectivity index (χ1) is 12.4.